The average Bonchev–Trinajstić information content (AvgIpc) is 3.95. The van der Waals surface area contributed by atoms with Crippen LogP contribution in [-0.2, 0) is 0 Å². The first-order valence-electron chi connectivity index (χ1n) is 16.9. The highest BCUT2D eigenvalue weighted by Gasteiger charge is 2.28. The van der Waals surface area contributed by atoms with Crippen LogP contribution in [-0.4, -0.2) is 28.0 Å². The number of hydrogen-bond donors (Lipinski definition) is 0. The van der Waals surface area contributed by atoms with E-state index in [0.29, 0.717) is 0 Å². The Balaban J connectivity index is 1.16. The Labute approximate surface area is 352 Å². The van der Waals surface area contributed by atoms with Crippen LogP contribution in [0, 0.1) is 23.7 Å². The van der Waals surface area contributed by atoms with Crippen LogP contribution in [0.3, 0.4) is 0 Å². The summed E-state index contributed by atoms with van der Waals surface area (Å²) in [6.45, 7) is 9.09. The predicted octanol–water partition coefficient (Wildman–Crippen LogP) is 16.0. The molecule has 0 aromatic carbocycles. The molecule has 0 amide bonds. The van der Waals surface area contributed by atoms with Crippen molar-refractivity contribution in [3.63, 3.8) is 0 Å². The van der Waals surface area contributed by atoms with E-state index in [1.165, 1.54) is 108 Å². The van der Waals surface area contributed by atoms with Crippen LogP contribution >= 0.6 is 141 Å². The predicted molar refractivity (Wildman–Crippen MR) is 252 cm³/mol. The van der Waals surface area contributed by atoms with Crippen LogP contribution in [0.15, 0.2) is 72.7 Å². The van der Waals surface area contributed by atoms with Gasteiger partial charge in [-0.05, 0) is 83.5 Å². The molecule has 0 unspecified atom stereocenters. The van der Waals surface area contributed by atoms with Crippen LogP contribution in [0.1, 0.15) is 90.4 Å². The minimum Gasteiger partial charge on any atom is -0.231 e. The third-order valence-electron chi connectivity index (χ3n) is 6.66. The Hall–Kier alpha value is 0.910. The van der Waals surface area contributed by atoms with Gasteiger partial charge < -0.3 is 0 Å². The van der Waals surface area contributed by atoms with Gasteiger partial charge in [0.15, 0.2) is 0 Å². The van der Waals surface area contributed by atoms with Crippen molar-refractivity contribution < 1.29 is 0 Å². The number of thioether (sulfide) groups is 12. The van der Waals surface area contributed by atoms with Crippen molar-refractivity contribution in [3.8, 4) is 23.7 Å². The second kappa shape index (κ2) is 23.7. The van der Waals surface area contributed by atoms with Crippen molar-refractivity contribution in [3.05, 3.63) is 84.1 Å². The Bertz CT molecular complexity index is 1510. The molecule has 0 N–H and O–H groups in total. The van der Waals surface area contributed by atoms with Gasteiger partial charge in [-0.3, -0.25) is 0 Å². The molecule has 266 valence electrons. The van der Waals surface area contributed by atoms with Crippen LogP contribution in [0.4, 0.5) is 0 Å². The summed E-state index contributed by atoms with van der Waals surface area (Å²) in [5.74, 6) is 18.2. The molecule has 5 heterocycles. The van der Waals surface area contributed by atoms with Gasteiger partial charge in [0.2, 0.25) is 0 Å². The minimum atomic E-state index is 0.760. The van der Waals surface area contributed by atoms with Gasteiger partial charge in [-0.2, -0.15) is 0 Å². The minimum absolute atomic E-state index is 0.760. The lowest BCUT2D eigenvalue weighted by Crippen LogP contribution is -1.86. The molecule has 4 aliphatic heterocycles. The number of allylic oxidation sites excluding steroid dienone is 2. The van der Waals surface area contributed by atoms with Crippen LogP contribution in [0.25, 0.3) is 0 Å². The molecule has 0 atom stereocenters. The molecule has 0 radical (unpaired) electrons. The summed E-state index contributed by atoms with van der Waals surface area (Å²) in [4.78, 5) is 6.95. The molecule has 0 bridgehead atoms. The van der Waals surface area contributed by atoms with E-state index in [-0.39, 0.29) is 0 Å². The largest absolute Gasteiger partial charge is 0.231 e. The molecular formula is C37H41NS12. The smallest absolute Gasteiger partial charge is 0.115 e. The quantitative estimate of drug-likeness (QED) is 0.116. The summed E-state index contributed by atoms with van der Waals surface area (Å²) in [6.07, 6.45) is 10.1. The maximum absolute atomic E-state index is 4.77. The monoisotopic (exact) mass is 883 g/mol. The standard InChI is InChI=1S/C37H41NS12/c1-5-9-20-39-30-31(40-21-10-6-2)48-36(47-30)34-43-24-28(45-34)18-16-26-14-13-15-27(38-26)17-19-29-25-44-35(46-29)37-49-32(41-22-11-7-3)33(50-37)42-23-12-8-4/h13-15,24-25H,5-12,20-23H2,1-4H3. The molecule has 4 aliphatic rings. The van der Waals surface area contributed by atoms with E-state index in [4.69, 9.17) is 4.98 Å². The van der Waals surface area contributed by atoms with Crippen molar-refractivity contribution in [2.75, 3.05) is 23.0 Å². The van der Waals surface area contributed by atoms with Crippen molar-refractivity contribution in [2.45, 2.75) is 79.1 Å². The molecule has 0 aliphatic carbocycles. The van der Waals surface area contributed by atoms with Gasteiger partial charge in [0.1, 0.15) is 11.4 Å². The highest BCUT2D eigenvalue weighted by atomic mass is 32.3. The molecule has 1 nitrogen and oxygen atoms in total. The number of pyridine rings is 1. The van der Waals surface area contributed by atoms with Crippen molar-refractivity contribution in [1.29, 1.82) is 0 Å². The van der Waals surface area contributed by atoms with Crippen molar-refractivity contribution >= 4 is 141 Å². The van der Waals surface area contributed by atoms with Crippen LogP contribution in [0.2, 0.25) is 0 Å². The number of hydrogen-bond acceptors (Lipinski definition) is 13. The fraction of sp³-hybridized carbons (Fsp3) is 0.432. The van der Waals surface area contributed by atoms with Gasteiger partial charge in [0, 0.05) is 0 Å². The Kier molecular flexibility index (Phi) is 20.0. The first-order chi connectivity index (χ1) is 24.6. The summed E-state index contributed by atoms with van der Waals surface area (Å²) >= 11 is 23.3. The Morgan fingerprint density at radius 2 is 0.840 bits per heavy atom. The van der Waals surface area contributed by atoms with E-state index in [0.717, 1.165) is 21.2 Å². The maximum atomic E-state index is 4.77. The van der Waals surface area contributed by atoms with Crippen LogP contribution in [0.5, 0.6) is 0 Å². The number of unbranched alkanes of at least 4 members (excludes halogenated alkanes) is 4. The fourth-order valence-electron chi connectivity index (χ4n) is 3.93. The SMILES string of the molecule is CCCCSC1=C(SCCCC)SC(=C2SC=C(C#Cc3cccc(C#CC4=CSC(=C5SC(SCCCC)=C(SCCCC)S5)S4)n3)S2)S1. The number of rotatable bonds is 16. The zero-order valence-corrected chi connectivity index (χ0v) is 38.5. The van der Waals surface area contributed by atoms with Gasteiger partial charge in [-0.25, -0.2) is 4.98 Å². The zero-order chi connectivity index (χ0) is 35.0. The van der Waals surface area contributed by atoms with Gasteiger partial charge >= 0.3 is 0 Å². The van der Waals surface area contributed by atoms with Gasteiger partial charge in [0.25, 0.3) is 0 Å². The summed E-state index contributed by atoms with van der Waals surface area (Å²) in [5, 5.41) is 4.39. The molecule has 50 heavy (non-hydrogen) atoms. The maximum Gasteiger partial charge on any atom is 0.115 e. The highest BCUT2D eigenvalue weighted by Crippen LogP contribution is 2.63. The molecule has 1 aromatic rings. The topological polar surface area (TPSA) is 12.9 Å². The second-order valence-corrected chi connectivity index (χ2v) is 25.3. The Morgan fingerprint density at radius 3 is 1.18 bits per heavy atom. The van der Waals surface area contributed by atoms with Gasteiger partial charge in [-0.15, -0.1) is 47.0 Å². The van der Waals surface area contributed by atoms with E-state index < -0.39 is 0 Å². The van der Waals surface area contributed by atoms with E-state index in [1.54, 1.807) is 23.5 Å². The molecule has 5 rings (SSSR count). The molecule has 0 saturated heterocycles. The van der Waals surface area contributed by atoms with E-state index >= 15 is 0 Å². The van der Waals surface area contributed by atoms with Gasteiger partial charge in [-0.1, -0.05) is 165 Å². The first kappa shape index (κ1) is 42.1. The lowest BCUT2D eigenvalue weighted by Gasteiger charge is -2.03. The molecular weight excluding hydrogens is 843 g/mol. The molecule has 0 saturated carbocycles. The molecule has 0 fully saturated rings. The first-order valence-corrected chi connectivity index (χ1v) is 27.5. The molecule has 0 spiro atoms. The summed E-state index contributed by atoms with van der Waals surface area (Å²) in [6, 6.07) is 5.97. The second-order valence-electron chi connectivity index (χ2n) is 10.8. The molecule has 1 aromatic heterocycles. The van der Waals surface area contributed by atoms with Crippen LogP contribution < -0.4 is 0 Å². The zero-order valence-electron chi connectivity index (χ0n) is 28.7. The third kappa shape index (κ3) is 13.6. The Morgan fingerprint density at radius 1 is 0.480 bits per heavy atom. The normalized spacial score (nSPS) is 17.4. The molecule has 13 heteroatoms. The van der Waals surface area contributed by atoms with E-state index in [9.17, 15) is 0 Å². The van der Waals surface area contributed by atoms with Crippen molar-refractivity contribution in [2.24, 2.45) is 0 Å². The average molecular weight is 885 g/mol. The fourth-order valence-corrected chi connectivity index (χ4v) is 21.0. The van der Waals surface area contributed by atoms with Gasteiger partial charge in [0.05, 0.1) is 43.7 Å². The van der Waals surface area contributed by atoms with Crippen molar-refractivity contribution in [1.82, 2.24) is 4.98 Å². The summed E-state index contributed by atoms with van der Waals surface area (Å²) in [7, 11) is 0. The lowest BCUT2D eigenvalue weighted by atomic mass is 10.3. The van der Waals surface area contributed by atoms with E-state index in [1.807, 2.05) is 136 Å². The third-order valence-corrected chi connectivity index (χ3v) is 23.7. The lowest BCUT2D eigenvalue weighted by molar-refractivity contribution is 0.897. The number of nitrogens with zero attached hydrogens (tertiary/aromatic N) is 1. The highest BCUT2D eigenvalue weighted by molar-refractivity contribution is 8.43. The summed E-state index contributed by atoms with van der Waals surface area (Å²) < 4.78 is 11.5. The van der Waals surface area contributed by atoms with E-state index in [2.05, 4.69) is 62.2 Å². The summed E-state index contributed by atoms with van der Waals surface area (Å²) in [5.41, 5.74) is 1.52. The number of aromatic nitrogens is 1.